The molecule has 0 unspecified atom stereocenters. The summed E-state index contributed by atoms with van der Waals surface area (Å²) < 4.78 is 1.65. The zero-order valence-electron chi connectivity index (χ0n) is 6.34. The minimum Gasteiger partial charge on any atom is -0.303 e. The molecule has 0 amide bonds. The van der Waals surface area contributed by atoms with Crippen molar-refractivity contribution in [1.82, 2.24) is 14.8 Å². The third kappa shape index (κ3) is 0.972. The van der Waals surface area contributed by atoms with E-state index in [1.54, 1.807) is 16.9 Å². The Morgan fingerprint density at radius 3 is 3.33 bits per heavy atom. The van der Waals surface area contributed by atoms with Crippen molar-refractivity contribution in [3.63, 3.8) is 0 Å². The predicted octanol–water partition coefficient (Wildman–Crippen LogP) is 0.471. The highest BCUT2D eigenvalue weighted by atomic mass is 16.1. The number of rotatable bonds is 2. The van der Waals surface area contributed by atoms with Crippen molar-refractivity contribution in [2.24, 2.45) is 0 Å². The molecule has 12 heavy (non-hydrogen) atoms. The van der Waals surface area contributed by atoms with Crippen LogP contribution in [0.25, 0.3) is 5.52 Å². The first-order valence-corrected chi connectivity index (χ1v) is 3.63. The molecule has 0 atom stereocenters. The van der Waals surface area contributed by atoms with Crippen molar-refractivity contribution >= 4 is 11.8 Å². The summed E-state index contributed by atoms with van der Waals surface area (Å²) in [6.07, 6.45) is 4.75. The summed E-state index contributed by atoms with van der Waals surface area (Å²) in [6.45, 7) is 0. The van der Waals surface area contributed by atoms with E-state index in [1.807, 2.05) is 12.1 Å². The quantitative estimate of drug-likeness (QED) is 0.601. The molecular weight excluding hydrogens is 154 g/mol. The molecule has 2 rings (SSSR count). The van der Waals surface area contributed by atoms with Gasteiger partial charge in [0.1, 0.15) is 6.29 Å². The molecule has 0 bridgehead atoms. The van der Waals surface area contributed by atoms with E-state index in [0.717, 1.165) is 17.4 Å². The maximum atomic E-state index is 10.3. The Bertz CT molecular complexity index is 407. The van der Waals surface area contributed by atoms with E-state index >= 15 is 0 Å². The Morgan fingerprint density at radius 1 is 1.58 bits per heavy atom. The van der Waals surface area contributed by atoms with Gasteiger partial charge in [-0.1, -0.05) is 11.3 Å². The lowest BCUT2D eigenvalue weighted by Gasteiger charge is -1.96. The number of fused-ring (bicyclic) bond motifs is 1. The van der Waals surface area contributed by atoms with Crippen LogP contribution < -0.4 is 0 Å². The highest BCUT2D eigenvalue weighted by Crippen LogP contribution is 2.07. The molecule has 0 aliphatic rings. The second-order valence-corrected chi connectivity index (χ2v) is 2.47. The zero-order valence-corrected chi connectivity index (χ0v) is 6.34. The third-order valence-electron chi connectivity index (χ3n) is 1.73. The number of hydrogen-bond acceptors (Lipinski definition) is 3. The molecule has 0 aliphatic heterocycles. The number of carbonyl (C=O) groups excluding carboxylic acids is 1. The number of carbonyl (C=O) groups is 1. The fraction of sp³-hybridized carbons (Fsp3) is 0.125. The van der Waals surface area contributed by atoms with Crippen molar-refractivity contribution in [2.75, 3.05) is 0 Å². The molecule has 0 aliphatic carbocycles. The van der Waals surface area contributed by atoms with Gasteiger partial charge in [-0.3, -0.25) is 0 Å². The second kappa shape index (κ2) is 2.73. The summed E-state index contributed by atoms with van der Waals surface area (Å²) in [5, 5.41) is 7.55. The molecule has 0 spiro atoms. The minimum atomic E-state index is 0.414. The Labute approximate surface area is 68.8 Å². The first-order valence-electron chi connectivity index (χ1n) is 3.63. The first kappa shape index (κ1) is 6.97. The molecule has 0 saturated heterocycles. The van der Waals surface area contributed by atoms with Crippen molar-refractivity contribution in [3.8, 4) is 0 Å². The van der Waals surface area contributed by atoms with Crippen LogP contribution in [0, 0.1) is 0 Å². The monoisotopic (exact) mass is 161 g/mol. The van der Waals surface area contributed by atoms with E-state index in [4.69, 9.17) is 0 Å². The molecule has 0 N–H and O–H groups in total. The van der Waals surface area contributed by atoms with Gasteiger partial charge in [0.25, 0.3) is 0 Å². The van der Waals surface area contributed by atoms with Gasteiger partial charge in [0.05, 0.1) is 11.7 Å². The normalized spacial score (nSPS) is 10.3. The van der Waals surface area contributed by atoms with E-state index in [2.05, 4.69) is 10.3 Å². The van der Waals surface area contributed by atoms with Crippen molar-refractivity contribution in [2.45, 2.75) is 6.42 Å². The largest absolute Gasteiger partial charge is 0.303 e. The molecule has 0 radical (unpaired) electrons. The standard InChI is InChI=1S/C8H7N3O/c12-5-3-7-2-1-4-11-8(7)6-9-10-11/h1-2,4-6H,3H2. The summed E-state index contributed by atoms with van der Waals surface area (Å²) in [5.74, 6) is 0. The molecule has 0 aromatic carbocycles. The van der Waals surface area contributed by atoms with Crippen molar-refractivity contribution in [3.05, 3.63) is 30.1 Å². The Balaban J connectivity index is 2.65. The van der Waals surface area contributed by atoms with Crippen LogP contribution in [0.15, 0.2) is 24.5 Å². The van der Waals surface area contributed by atoms with Gasteiger partial charge in [-0.15, -0.1) is 5.10 Å². The average Bonchev–Trinajstić information content (AvgIpc) is 2.53. The zero-order chi connectivity index (χ0) is 8.39. The van der Waals surface area contributed by atoms with Gasteiger partial charge in [0, 0.05) is 12.6 Å². The lowest BCUT2D eigenvalue weighted by atomic mass is 10.2. The van der Waals surface area contributed by atoms with Gasteiger partial charge in [-0.05, 0) is 11.6 Å². The smallest absolute Gasteiger partial charge is 0.124 e. The molecule has 0 saturated carbocycles. The lowest BCUT2D eigenvalue weighted by molar-refractivity contribution is -0.107. The van der Waals surface area contributed by atoms with Gasteiger partial charge in [0.15, 0.2) is 0 Å². The van der Waals surface area contributed by atoms with E-state index < -0.39 is 0 Å². The number of aldehydes is 1. The van der Waals surface area contributed by atoms with E-state index in [1.165, 1.54) is 0 Å². The van der Waals surface area contributed by atoms with Crippen molar-refractivity contribution in [1.29, 1.82) is 0 Å². The van der Waals surface area contributed by atoms with Crippen LogP contribution in [-0.2, 0) is 11.2 Å². The summed E-state index contributed by atoms with van der Waals surface area (Å²) in [5.41, 5.74) is 1.85. The average molecular weight is 161 g/mol. The second-order valence-electron chi connectivity index (χ2n) is 2.47. The SMILES string of the molecule is O=CCc1cccn2nncc12. The maximum Gasteiger partial charge on any atom is 0.124 e. The van der Waals surface area contributed by atoms with Crippen LogP contribution in [0.4, 0.5) is 0 Å². The Kier molecular flexibility index (Phi) is 1.59. The minimum absolute atomic E-state index is 0.414. The predicted molar refractivity (Wildman–Crippen MR) is 42.8 cm³/mol. The highest BCUT2D eigenvalue weighted by Gasteiger charge is 1.99. The Hall–Kier alpha value is -1.71. The van der Waals surface area contributed by atoms with Crippen LogP contribution in [0.3, 0.4) is 0 Å². The summed E-state index contributed by atoms with van der Waals surface area (Å²) >= 11 is 0. The molecule has 60 valence electrons. The van der Waals surface area contributed by atoms with Gasteiger partial charge in [-0.25, -0.2) is 4.52 Å². The first-order chi connectivity index (χ1) is 5.92. The topological polar surface area (TPSA) is 47.3 Å². The van der Waals surface area contributed by atoms with Crippen molar-refractivity contribution < 1.29 is 4.79 Å². The van der Waals surface area contributed by atoms with Gasteiger partial charge in [0.2, 0.25) is 0 Å². The van der Waals surface area contributed by atoms with E-state index in [0.29, 0.717) is 6.42 Å². The third-order valence-corrected chi connectivity index (χ3v) is 1.73. The highest BCUT2D eigenvalue weighted by molar-refractivity contribution is 5.63. The van der Waals surface area contributed by atoms with E-state index in [-0.39, 0.29) is 0 Å². The van der Waals surface area contributed by atoms with Gasteiger partial charge in [-0.2, -0.15) is 0 Å². The maximum absolute atomic E-state index is 10.3. The molecular formula is C8H7N3O. The number of pyridine rings is 1. The molecule has 0 fully saturated rings. The fourth-order valence-electron chi connectivity index (χ4n) is 1.17. The summed E-state index contributed by atoms with van der Waals surface area (Å²) in [4.78, 5) is 10.3. The van der Waals surface area contributed by atoms with Crippen LogP contribution in [-0.4, -0.2) is 21.1 Å². The van der Waals surface area contributed by atoms with E-state index in [9.17, 15) is 4.79 Å². The van der Waals surface area contributed by atoms with Gasteiger partial charge < -0.3 is 4.79 Å². The lowest BCUT2D eigenvalue weighted by Crippen LogP contribution is -1.92. The van der Waals surface area contributed by atoms with Gasteiger partial charge >= 0.3 is 0 Å². The molecule has 4 heteroatoms. The molecule has 2 aromatic rings. The van der Waals surface area contributed by atoms with Crippen LogP contribution in [0.2, 0.25) is 0 Å². The number of aromatic nitrogens is 3. The molecule has 2 aromatic heterocycles. The summed E-state index contributed by atoms with van der Waals surface area (Å²) in [7, 11) is 0. The summed E-state index contributed by atoms with van der Waals surface area (Å²) in [6, 6.07) is 3.74. The molecule has 4 nitrogen and oxygen atoms in total. The van der Waals surface area contributed by atoms with Crippen LogP contribution in [0.5, 0.6) is 0 Å². The number of hydrogen-bond donors (Lipinski definition) is 0. The molecule has 2 heterocycles. The number of nitrogens with zero attached hydrogens (tertiary/aromatic N) is 3. The fourth-order valence-corrected chi connectivity index (χ4v) is 1.17. The van der Waals surface area contributed by atoms with Crippen LogP contribution in [0.1, 0.15) is 5.56 Å². The Morgan fingerprint density at radius 2 is 2.50 bits per heavy atom. The van der Waals surface area contributed by atoms with Crippen LogP contribution >= 0.6 is 0 Å².